The van der Waals surface area contributed by atoms with Crippen LogP contribution in [-0.4, -0.2) is 35.9 Å². The Morgan fingerprint density at radius 1 is 1.35 bits per heavy atom. The van der Waals surface area contributed by atoms with Crippen molar-refractivity contribution in [3.05, 3.63) is 23.4 Å². The lowest BCUT2D eigenvalue weighted by Crippen LogP contribution is -2.26. The van der Waals surface area contributed by atoms with Gasteiger partial charge in [0.1, 0.15) is 5.82 Å². The van der Waals surface area contributed by atoms with Crippen molar-refractivity contribution >= 4 is 11.7 Å². The number of anilines is 1. The Morgan fingerprint density at radius 2 is 2.06 bits per heavy atom. The maximum Gasteiger partial charge on any atom is 0.253 e. The first-order valence-corrected chi connectivity index (χ1v) is 6.12. The zero-order valence-electron chi connectivity index (χ0n) is 11.1. The van der Waals surface area contributed by atoms with Crippen molar-refractivity contribution in [2.75, 3.05) is 25.5 Å². The van der Waals surface area contributed by atoms with Crippen LogP contribution in [-0.2, 0) is 6.42 Å². The van der Waals surface area contributed by atoms with Crippen molar-refractivity contribution in [1.82, 2.24) is 9.88 Å². The molecule has 1 amide bonds. The smallest absolute Gasteiger partial charge is 0.253 e. The van der Waals surface area contributed by atoms with Gasteiger partial charge in [-0.3, -0.25) is 4.79 Å². The Balaban J connectivity index is 3.05. The monoisotopic (exact) mass is 235 g/mol. The van der Waals surface area contributed by atoms with E-state index in [-0.39, 0.29) is 5.91 Å². The van der Waals surface area contributed by atoms with Crippen molar-refractivity contribution in [2.45, 2.75) is 27.2 Å². The van der Waals surface area contributed by atoms with Crippen LogP contribution in [0.2, 0.25) is 0 Å². The highest BCUT2D eigenvalue weighted by Crippen LogP contribution is 2.13. The zero-order valence-corrected chi connectivity index (χ0v) is 11.1. The molecule has 0 aliphatic rings. The van der Waals surface area contributed by atoms with Gasteiger partial charge in [-0.15, -0.1) is 0 Å². The molecule has 0 atom stereocenters. The number of pyridine rings is 1. The van der Waals surface area contributed by atoms with Crippen molar-refractivity contribution in [1.29, 1.82) is 0 Å². The standard InChI is InChI=1S/C13H21N3O/c1-5-11-8-10(13(17)16(4)7-3)9-12(15-11)14-6-2/h8-9H,5-7H2,1-4H3,(H,14,15). The van der Waals surface area contributed by atoms with Gasteiger partial charge >= 0.3 is 0 Å². The van der Waals surface area contributed by atoms with Crippen molar-refractivity contribution in [3.8, 4) is 0 Å². The number of rotatable bonds is 5. The molecule has 0 aliphatic heterocycles. The molecule has 94 valence electrons. The van der Waals surface area contributed by atoms with Crippen LogP contribution in [0.5, 0.6) is 0 Å². The van der Waals surface area contributed by atoms with Gasteiger partial charge in [0, 0.05) is 31.4 Å². The molecule has 0 aliphatic carbocycles. The fourth-order valence-corrected chi connectivity index (χ4v) is 1.53. The molecule has 0 spiro atoms. The summed E-state index contributed by atoms with van der Waals surface area (Å²) in [5.74, 6) is 0.823. The summed E-state index contributed by atoms with van der Waals surface area (Å²) in [6.07, 6.45) is 0.829. The molecule has 0 saturated carbocycles. The lowest BCUT2D eigenvalue weighted by atomic mass is 10.1. The number of amides is 1. The van der Waals surface area contributed by atoms with Crippen LogP contribution in [0, 0.1) is 0 Å². The van der Waals surface area contributed by atoms with E-state index >= 15 is 0 Å². The van der Waals surface area contributed by atoms with Gasteiger partial charge in [-0.2, -0.15) is 0 Å². The second-order valence-electron chi connectivity index (χ2n) is 3.94. The van der Waals surface area contributed by atoms with Gasteiger partial charge in [0.25, 0.3) is 5.91 Å². The number of nitrogens with one attached hydrogen (secondary N) is 1. The molecule has 1 rings (SSSR count). The minimum absolute atomic E-state index is 0.0451. The Kier molecular flexibility index (Phi) is 4.94. The van der Waals surface area contributed by atoms with Gasteiger partial charge in [-0.25, -0.2) is 4.98 Å². The van der Waals surface area contributed by atoms with Gasteiger partial charge in [0.15, 0.2) is 0 Å². The number of nitrogens with zero attached hydrogens (tertiary/aromatic N) is 2. The lowest BCUT2D eigenvalue weighted by molar-refractivity contribution is 0.0802. The third-order valence-electron chi connectivity index (χ3n) is 2.67. The number of hydrogen-bond donors (Lipinski definition) is 1. The summed E-state index contributed by atoms with van der Waals surface area (Å²) in [4.78, 5) is 18.2. The quantitative estimate of drug-likeness (QED) is 0.850. The summed E-state index contributed by atoms with van der Waals surface area (Å²) >= 11 is 0. The fourth-order valence-electron chi connectivity index (χ4n) is 1.53. The summed E-state index contributed by atoms with van der Waals surface area (Å²) in [5, 5.41) is 3.15. The van der Waals surface area contributed by atoms with Gasteiger partial charge in [-0.05, 0) is 32.4 Å². The minimum Gasteiger partial charge on any atom is -0.370 e. The summed E-state index contributed by atoms with van der Waals surface area (Å²) in [7, 11) is 1.81. The third kappa shape index (κ3) is 3.44. The predicted molar refractivity (Wildman–Crippen MR) is 70.4 cm³/mol. The van der Waals surface area contributed by atoms with E-state index in [1.165, 1.54) is 0 Å². The first kappa shape index (κ1) is 13.5. The molecule has 1 N–H and O–H groups in total. The minimum atomic E-state index is 0.0451. The molecule has 1 aromatic heterocycles. The SMILES string of the molecule is CCNc1cc(C(=O)N(C)CC)cc(CC)n1. The van der Waals surface area contributed by atoms with E-state index in [1.54, 1.807) is 11.9 Å². The Morgan fingerprint density at radius 3 is 2.59 bits per heavy atom. The molecule has 1 aromatic rings. The molecule has 1 heterocycles. The maximum absolute atomic E-state index is 12.1. The lowest BCUT2D eigenvalue weighted by Gasteiger charge is -2.15. The van der Waals surface area contributed by atoms with Crippen molar-refractivity contribution < 1.29 is 4.79 Å². The van der Waals surface area contributed by atoms with Crippen LogP contribution in [0.3, 0.4) is 0 Å². The molecule has 0 saturated heterocycles. The molecule has 0 aromatic carbocycles. The molecule has 4 nitrogen and oxygen atoms in total. The molecule has 17 heavy (non-hydrogen) atoms. The molecular formula is C13H21N3O. The number of aryl methyl sites for hydroxylation is 1. The summed E-state index contributed by atoms with van der Waals surface area (Å²) in [5.41, 5.74) is 1.65. The van der Waals surface area contributed by atoms with Crippen LogP contribution in [0.25, 0.3) is 0 Å². The van der Waals surface area contributed by atoms with Crippen molar-refractivity contribution in [2.24, 2.45) is 0 Å². The van der Waals surface area contributed by atoms with E-state index in [1.807, 2.05) is 32.9 Å². The Hall–Kier alpha value is -1.58. The summed E-state index contributed by atoms with van der Waals surface area (Å²) in [6.45, 7) is 7.53. The topological polar surface area (TPSA) is 45.2 Å². The molecule has 4 heteroatoms. The molecule has 0 fully saturated rings. The van der Waals surface area contributed by atoms with Gasteiger partial charge < -0.3 is 10.2 Å². The average molecular weight is 235 g/mol. The first-order chi connectivity index (χ1) is 8.12. The Bertz CT molecular complexity index is 390. The van der Waals surface area contributed by atoms with Gasteiger partial charge in [0.2, 0.25) is 0 Å². The maximum atomic E-state index is 12.1. The number of hydrogen-bond acceptors (Lipinski definition) is 3. The predicted octanol–water partition coefficient (Wildman–Crippen LogP) is 2.17. The van der Waals surface area contributed by atoms with E-state index < -0.39 is 0 Å². The highest BCUT2D eigenvalue weighted by molar-refractivity contribution is 5.94. The van der Waals surface area contributed by atoms with E-state index in [0.717, 1.165) is 24.5 Å². The third-order valence-corrected chi connectivity index (χ3v) is 2.67. The van der Waals surface area contributed by atoms with Crippen LogP contribution in [0.1, 0.15) is 36.8 Å². The zero-order chi connectivity index (χ0) is 12.8. The number of carbonyl (C=O) groups is 1. The summed E-state index contributed by atoms with van der Waals surface area (Å²) < 4.78 is 0. The van der Waals surface area contributed by atoms with Crippen LogP contribution in [0.4, 0.5) is 5.82 Å². The normalized spacial score (nSPS) is 10.1. The summed E-state index contributed by atoms with van der Waals surface area (Å²) in [6, 6.07) is 3.69. The number of aromatic nitrogens is 1. The second kappa shape index (κ2) is 6.23. The second-order valence-corrected chi connectivity index (χ2v) is 3.94. The van der Waals surface area contributed by atoms with E-state index in [2.05, 4.69) is 10.3 Å². The molecule has 0 radical (unpaired) electrons. The van der Waals surface area contributed by atoms with E-state index in [0.29, 0.717) is 12.1 Å². The van der Waals surface area contributed by atoms with Crippen LogP contribution in [0.15, 0.2) is 12.1 Å². The van der Waals surface area contributed by atoms with Gasteiger partial charge in [0.05, 0.1) is 0 Å². The molecular weight excluding hydrogens is 214 g/mol. The fraction of sp³-hybridized carbons (Fsp3) is 0.538. The highest BCUT2D eigenvalue weighted by Gasteiger charge is 2.12. The van der Waals surface area contributed by atoms with Crippen LogP contribution >= 0.6 is 0 Å². The molecule has 0 unspecified atom stereocenters. The average Bonchev–Trinajstić information content (AvgIpc) is 2.36. The van der Waals surface area contributed by atoms with Crippen molar-refractivity contribution in [3.63, 3.8) is 0 Å². The number of carbonyl (C=O) groups excluding carboxylic acids is 1. The first-order valence-electron chi connectivity index (χ1n) is 6.12. The van der Waals surface area contributed by atoms with E-state index in [9.17, 15) is 4.79 Å². The molecule has 0 bridgehead atoms. The van der Waals surface area contributed by atoms with Gasteiger partial charge in [-0.1, -0.05) is 6.92 Å². The Labute approximate surface area is 103 Å². The van der Waals surface area contributed by atoms with Crippen LogP contribution < -0.4 is 5.32 Å². The largest absolute Gasteiger partial charge is 0.370 e. The van der Waals surface area contributed by atoms with E-state index in [4.69, 9.17) is 0 Å². The highest BCUT2D eigenvalue weighted by atomic mass is 16.2.